The molecule has 0 saturated heterocycles. The van der Waals surface area contributed by atoms with Crippen molar-refractivity contribution < 1.29 is 9.53 Å². The first-order chi connectivity index (χ1) is 9.69. The van der Waals surface area contributed by atoms with Crippen molar-refractivity contribution in [3.05, 3.63) is 34.9 Å². The van der Waals surface area contributed by atoms with E-state index < -0.39 is 0 Å². The highest BCUT2D eigenvalue weighted by atomic mass is 35.5. The van der Waals surface area contributed by atoms with Crippen LogP contribution in [0.4, 0.5) is 0 Å². The molecule has 20 heavy (non-hydrogen) atoms. The van der Waals surface area contributed by atoms with Gasteiger partial charge in [0.15, 0.2) is 0 Å². The molecule has 0 atom stereocenters. The van der Waals surface area contributed by atoms with Gasteiger partial charge < -0.3 is 15.4 Å². The van der Waals surface area contributed by atoms with E-state index in [0.29, 0.717) is 18.2 Å². The minimum absolute atomic E-state index is 0.119. The highest BCUT2D eigenvalue weighted by Crippen LogP contribution is 2.48. The van der Waals surface area contributed by atoms with Gasteiger partial charge in [0.2, 0.25) is 5.91 Å². The summed E-state index contributed by atoms with van der Waals surface area (Å²) in [5.74, 6) is 0.119. The van der Waals surface area contributed by atoms with Gasteiger partial charge in [0.1, 0.15) is 0 Å². The molecule has 1 amide bonds. The fourth-order valence-corrected chi connectivity index (χ4v) is 2.40. The van der Waals surface area contributed by atoms with E-state index in [1.807, 2.05) is 24.3 Å². The van der Waals surface area contributed by atoms with Crippen molar-refractivity contribution in [2.24, 2.45) is 0 Å². The summed E-state index contributed by atoms with van der Waals surface area (Å²) in [7, 11) is 1.67. The number of ether oxygens (including phenoxy) is 1. The minimum Gasteiger partial charge on any atom is -0.383 e. The molecule has 1 saturated carbocycles. The molecule has 2 rings (SSSR count). The Labute approximate surface area is 124 Å². The van der Waals surface area contributed by atoms with Crippen LogP contribution in [-0.2, 0) is 14.9 Å². The molecule has 4 nitrogen and oxygen atoms in total. The fourth-order valence-electron chi connectivity index (χ4n) is 2.27. The highest BCUT2D eigenvalue weighted by Gasteiger charge is 2.50. The third-order valence-corrected chi connectivity index (χ3v) is 3.90. The van der Waals surface area contributed by atoms with Crippen LogP contribution in [-0.4, -0.2) is 39.3 Å². The number of carbonyl (C=O) groups is 1. The standard InChI is InChI=1S/C15H21ClN2O2/c1-20-11-10-17-8-9-18-14(19)15(6-7-15)12-2-4-13(16)5-3-12/h2-5,17H,6-11H2,1H3,(H,18,19). The van der Waals surface area contributed by atoms with Crippen molar-refractivity contribution in [2.75, 3.05) is 33.4 Å². The monoisotopic (exact) mass is 296 g/mol. The summed E-state index contributed by atoms with van der Waals surface area (Å²) in [5, 5.41) is 6.91. The quantitative estimate of drug-likeness (QED) is 0.718. The molecule has 2 N–H and O–H groups in total. The normalized spacial score (nSPS) is 15.9. The molecule has 110 valence electrons. The second-order valence-electron chi connectivity index (χ2n) is 5.09. The molecular weight excluding hydrogens is 276 g/mol. The van der Waals surface area contributed by atoms with Crippen LogP contribution in [0.5, 0.6) is 0 Å². The number of hydrogen-bond acceptors (Lipinski definition) is 3. The van der Waals surface area contributed by atoms with Crippen LogP contribution in [0.3, 0.4) is 0 Å². The van der Waals surface area contributed by atoms with Crippen molar-refractivity contribution in [3.63, 3.8) is 0 Å². The summed E-state index contributed by atoms with van der Waals surface area (Å²) in [6.07, 6.45) is 1.83. The maximum Gasteiger partial charge on any atom is 0.230 e. The number of nitrogens with one attached hydrogen (secondary N) is 2. The molecule has 0 bridgehead atoms. The molecule has 1 aliphatic carbocycles. The van der Waals surface area contributed by atoms with Gasteiger partial charge in [0.25, 0.3) is 0 Å². The van der Waals surface area contributed by atoms with Crippen LogP contribution in [0.25, 0.3) is 0 Å². The van der Waals surface area contributed by atoms with E-state index >= 15 is 0 Å². The number of rotatable bonds is 8. The Balaban J connectivity index is 1.78. The number of carbonyl (C=O) groups excluding carboxylic acids is 1. The van der Waals surface area contributed by atoms with Gasteiger partial charge in [-0.25, -0.2) is 0 Å². The second-order valence-corrected chi connectivity index (χ2v) is 5.52. The zero-order valence-electron chi connectivity index (χ0n) is 11.7. The maximum atomic E-state index is 12.3. The Morgan fingerprint density at radius 1 is 1.25 bits per heavy atom. The van der Waals surface area contributed by atoms with Crippen LogP contribution < -0.4 is 10.6 Å². The van der Waals surface area contributed by atoms with Crippen LogP contribution in [0.15, 0.2) is 24.3 Å². The van der Waals surface area contributed by atoms with Gasteiger partial charge in [-0.2, -0.15) is 0 Å². The van der Waals surface area contributed by atoms with Crippen molar-refractivity contribution in [2.45, 2.75) is 18.3 Å². The van der Waals surface area contributed by atoms with E-state index in [1.54, 1.807) is 7.11 Å². The Hall–Kier alpha value is -1.10. The Kier molecular flexibility index (Phi) is 5.40. The van der Waals surface area contributed by atoms with Crippen LogP contribution in [0.2, 0.25) is 5.02 Å². The summed E-state index contributed by atoms with van der Waals surface area (Å²) in [6.45, 7) is 2.88. The van der Waals surface area contributed by atoms with Crippen molar-refractivity contribution in [3.8, 4) is 0 Å². The van der Waals surface area contributed by atoms with Gasteiger partial charge in [-0.3, -0.25) is 4.79 Å². The molecule has 0 unspecified atom stereocenters. The highest BCUT2D eigenvalue weighted by molar-refractivity contribution is 6.30. The molecule has 1 aliphatic rings. The summed E-state index contributed by atoms with van der Waals surface area (Å²) in [5.41, 5.74) is 0.739. The molecular formula is C15H21ClN2O2. The topological polar surface area (TPSA) is 50.4 Å². The van der Waals surface area contributed by atoms with Gasteiger partial charge in [-0.05, 0) is 30.5 Å². The Morgan fingerprint density at radius 2 is 1.95 bits per heavy atom. The Bertz CT molecular complexity index is 444. The smallest absolute Gasteiger partial charge is 0.230 e. The molecule has 0 aliphatic heterocycles. The predicted molar refractivity (Wildman–Crippen MR) is 80.1 cm³/mol. The average Bonchev–Trinajstić information content (AvgIpc) is 3.25. The van der Waals surface area contributed by atoms with E-state index in [4.69, 9.17) is 16.3 Å². The first kappa shape index (κ1) is 15.3. The van der Waals surface area contributed by atoms with Gasteiger partial charge >= 0.3 is 0 Å². The first-order valence-electron chi connectivity index (χ1n) is 6.93. The number of methoxy groups -OCH3 is 1. The predicted octanol–water partition coefficient (Wildman–Crippen LogP) is 1.72. The van der Waals surface area contributed by atoms with E-state index in [2.05, 4.69) is 10.6 Å². The number of benzene rings is 1. The van der Waals surface area contributed by atoms with Gasteiger partial charge in [0.05, 0.1) is 12.0 Å². The lowest BCUT2D eigenvalue weighted by Gasteiger charge is -2.16. The minimum atomic E-state index is -0.322. The molecule has 0 aromatic heterocycles. The first-order valence-corrected chi connectivity index (χ1v) is 7.31. The van der Waals surface area contributed by atoms with E-state index in [1.165, 1.54) is 0 Å². The number of halogens is 1. The van der Waals surface area contributed by atoms with Crippen LogP contribution in [0, 0.1) is 0 Å². The Morgan fingerprint density at radius 3 is 2.55 bits per heavy atom. The molecule has 0 radical (unpaired) electrons. The zero-order valence-corrected chi connectivity index (χ0v) is 12.5. The van der Waals surface area contributed by atoms with Gasteiger partial charge in [0, 0.05) is 31.8 Å². The van der Waals surface area contributed by atoms with Gasteiger partial charge in [-0.1, -0.05) is 23.7 Å². The summed E-state index contributed by atoms with van der Waals surface area (Å²) in [6, 6.07) is 7.59. The van der Waals surface area contributed by atoms with E-state index in [0.717, 1.165) is 31.5 Å². The fraction of sp³-hybridized carbons (Fsp3) is 0.533. The molecule has 1 fully saturated rings. The van der Waals surface area contributed by atoms with Crippen LogP contribution >= 0.6 is 11.6 Å². The molecule has 5 heteroatoms. The lowest BCUT2D eigenvalue weighted by Crippen LogP contribution is -2.39. The second kappa shape index (κ2) is 7.07. The summed E-state index contributed by atoms with van der Waals surface area (Å²) >= 11 is 5.89. The third-order valence-electron chi connectivity index (χ3n) is 3.65. The summed E-state index contributed by atoms with van der Waals surface area (Å²) in [4.78, 5) is 12.3. The lowest BCUT2D eigenvalue weighted by atomic mass is 9.95. The molecule has 0 spiro atoms. The molecule has 0 heterocycles. The zero-order chi connectivity index (χ0) is 14.4. The average molecular weight is 297 g/mol. The lowest BCUT2D eigenvalue weighted by molar-refractivity contribution is -0.123. The summed E-state index contributed by atoms with van der Waals surface area (Å²) < 4.78 is 4.94. The van der Waals surface area contributed by atoms with Gasteiger partial charge in [-0.15, -0.1) is 0 Å². The van der Waals surface area contributed by atoms with Crippen molar-refractivity contribution in [1.29, 1.82) is 0 Å². The third kappa shape index (κ3) is 3.72. The maximum absolute atomic E-state index is 12.3. The van der Waals surface area contributed by atoms with E-state index in [-0.39, 0.29) is 11.3 Å². The van der Waals surface area contributed by atoms with Crippen molar-refractivity contribution in [1.82, 2.24) is 10.6 Å². The van der Waals surface area contributed by atoms with E-state index in [9.17, 15) is 4.79 Å². The molecule has 1 aromatic rings. The molecule has 1 aromatic carbocycles. The largest absolute Gasteiger partial charge is 0.383 e. The number of amides is 1. The SMILES string of the molecule is COCCNCCNC(=O)C1(c2ccc(Cl)cc2)CC1. The van der Waals surface area contributed by atoms with Crippen LogP contribution in [0.1, 0.15) is 18.4 Å². The van der Waals surface area contributed by atoms with Crippen molar-refractivity contribution >= 4 is 17.5 Å². The number of hydrogen-bond donors (Lipinski definition) is 2.